The monoisotopic (exact) mass is 210 g/mol. The Hall–Kier alpha value is 0.787. The minimum absolute atomic E-state index is 0. The van der Waals surface area contributed by atoms with Gasteiger partial charge in [-0.3, -0.25) is 9.59 Å². The van der Waals surface area contributed by atoms with E-state index in [1.807, 2.05) is 0 Å². The summed E-state index contributed by atoms with van der Waals surface area (Å²) in [5.41, 5.74) is 0. The van der Waals surface area contributed by atoms with E-state index < -0.39 is 17.0 Å². The summed E-state index contributed by atoms with van der Waals surface area (Å²) in [7, 11) is 0. The molecule has 2 N–H and O–H groups in total. The van der Waals surface area contributed by atoms with Crippen LogP contribution in [0.25, 0.3) is 0 Å². The van der Waals surface area contributed by atoms with Crippen LogP contribution >= 0.6 is 30.8 Å². The predicted molar refractivity (Wildman–Crippen MR) is 45.8 cm³/mol. The molecule has 11 heavy (non-hydrogen) atoms. The molecule has 0 radical (unpaired) electrons. The van der Waals surface area contributed by atoms with Gasteiger partial charge in [-0.25, -0.2) is 4.57 Å². The normalized spacial score (nSPS) is 10.1. The van der Waals surface area contributed by atoms with Crippen molar-refractivity contribution in [2.45, 2.75) is 0 Å². The van der Waals surface area contributed by atoms with Crippen molar-refractivity contribution in [2.24, 2.45) is 0 Å². The maximum absolute atomic E-state index is 10.2. The Morgan fingerprint density at radius 1 is 1.36 bits per heavy atom. The fourth-order valence-corrected chi connectivity index (χ4v) is 1.69. The van der Waals surface area contributed by atoms with Crippen LogP contribution in [0.15, 0.2) is 0 Å². The third-order valence-electron chi connectivity index (χ3n) is 0.376. The molecule has 0 bridgehead atoms. The summed E-state index contributed by atoms with van der Waals surface area (Å²) in [5, 5.41) is -2.43. The van der Waals surface area contributed by atoms with Crippen LogP contribution in [0.4, 0.5) is 0 Å². The average Bonchev–Trinajstić information content (AvgIpc) is 1.60. The molecule has 0 amide bonds. The molecule has 0 atom stereocenters. The quantitative estimate of drug-likeness (QED) is 0.238. The molecular weight excluding hydrogens is 206 g/mol. The van der Waals surface area contributed by atoms with Gasteiger partial charge in [-0.2, -0.15) is 0 Å². The topological polar surface area (TPSA) is 91.7 Å². The molecule has 0 aromatic carbocycles. The molecule has 0 saturated heterocycles. The Kier molecular flexibility index (Phi) is 7.08. The predicted octanol–water partition coefficient (Wildman–Crippen LogP) is -0.853. The third kappa shape index (κ3) is 8.70. The summed E-state index contributed by atoms with van der Waals surface area (Å²) in [6.07, 6.45) is 0. The Labute approximate surface area is 83.8 Å². The zero-order valence-electron chi connectivity index (χ0n) is 4.42. The van der Waals surface area contributed by atoms with Crippen LogP contribution in [-0.2, 0) is 14.2 Å². The fourth-order valence-electron chi connectivity index (χ4n) is 0.147. The summed E-state index contributed by atoms with van der Waals surface area (Å²) in [5.74, 6) is 0. The molecule has 0 fully saturated rings. The standard InChI is InChI=1S/C2H3O5PS2.Li.H/c3-1(9)2(4)10-8(5,6)7;;/h(H,3,9)(H2,5,6,7);;. The number of thiol groups is 1. The van der Waals surface area contributed by atoms with Gasteiger partial charge in [0, 0.05) is 11.4 Å². The van der Waals surface area contributed by atoms with Gasteiger partial charge in [0.1, 0.15) is 0 Å². The Morgan fingerprint density at radius 3 is 1.82 bits per heavy atom. The molecule has 9 heteroatoms. The molecule has 0 aliphatic rings. The molecule has 0 aromatic rings. The second-order valence-corrected chi connectivity index (χ2v) is 5.09. The van der Waals surface area contributed by atoms with Crippen LogP contribution in [0.1, 0.15) is 0 Å². The van der Waals surface area contributed by atoms with Crippen molar-refractivity contribution in [3.63, 3.8) is 0 Å². The van der Waals surface area contributed by atoms with Crippen molar-refractivity contribution in [3.8, 4) is 0 Å². The van der Waals surface area contributed by atoms with Crippen LogP contribution < -0.4 is 0 Å². The first-order valence-electron chi connectivity index (χ1n) is 1.85. The second kappa shape index (κ2) is 5.44. The fraction of sp³-hybridized carbons (Fsp3) is 0. The van der Waals surface area contributed by atoms with Crippen LogP contribution in [0.2, 0.25) is 0 Å². The summed E-state index contributed by atoms with van der Waals surface area (Å²) < 4.78 is 10.00. The van der Waals surface area contributed by atoms with Crippen LogP contribution in [-0.4, -0.2) is 38.9 Å². The number of carbonyl (C=O) groups excluding carboxylic acids is 2. The summed E-state index contributed by atoms with van der Waals surface area (Å²) >= 11 is 2.72. The van der Waals surface area contributed by atoms with Crippen LogP contribution in [0.5, 0.6) is 0 Å². The third-order valence-corrected chi connectivity index (χ3v) is 2.53. The van der Waals surface area contributed by atoms with E-state index in [0.717, 1.165) is 0 Å². The van der Waals surface area contributed by atoms with Crippen molar-refractivity contribution >= 4 is 59.9 Å². The molecule has 0 saturated carbocycles. The van der Waals surface area contributed by atoms with Gasteiger partial charge in [-0.05, 0) is 0 Å². The molecule has 0 aliphatic heterocycles. The van der Waals surface area contributed by atoms with Crippen LogP contribution in [0, 0.1) is 0 Å². The number of rotatable bonds is 2. The summed E-state index contributed by atoms with van der Waals surface area (Å²) in [6, 6.07) is 0. The van der Waals surface area contributed by atoms with Gasteiger partial charge in [0.25, 0.3) is 10.2 Å². The van der Waals surface area contributed by atoms with Crippen molar-refractivity contribution in [1.82, 2.24) is 0 Å². The zero-order chi connectivity index (χ0) is 8.36. The van der Waals surface area contributed by atoms with E-state index in [1.165, 1.54) is 0 Å². The first-order chi connectivity index (χ1) is 4.33. The van der Waals surface area contributed by atoms with Crippen molar-refractivity contribution in [2.75, 3.05) is 0 Å². The summed E-state index contributed by atoms with van der Waals surface area (Å²) in [4.78, 5) is 36.4. The van der Waals surface area contributed by atoms with Crippen molar-refractivity contribution < 1.29 is 23.9 Å². The van der Waals surface area contributed by atoms with Crippen LogP contribution in [0.3, 0.4) is 0 Å². The molecule has 60 valence electrons. The minimum atomic E-state index is -4.48. The Morgan fingerprint density at radius 2 is 1.73 bits per heavy atom. The molecule has 0 spiro atoms. The van der Waals surface area contributed by atoms with E-state index in [9.17, 15) is 14.2 Å². The van der Waals surface area contributed by atoms with Gasteiger partial charge in [-0.15, -0.1) is 0 Å². The van der Waals surface area contributed by atoms with Gasteiger partial charge in [0.2, 0.25) is 0 Å². The van der Waals surface area contributed by atoms with E-state index in [-0.39, 0.29) is 30.2 Å². The van der Waals surface area contributed by atoms with Gasteiger partial charge < -0.3 is 9.79 Å². The molecular formula is C2H4LiO5PS2. The van der Waals surface area contributed by atoms with E-state index in [4.69, 9.17) is 9.79 Å². The SMILES string of the molecule is O=C(S)C(=O)SP(=O)(O)O.[LiH]. The number of carbonyl (C=O) groups is 2. The average molecular weight is 210 g/mol. The maximum atomic E-state index is 10.2. The van der Waals surface area contributed by atoms with E-state index >= 15 is 0 Å². The molecule has 5 nitrogen and oxygen atoms in total. The molecule has 0 unspecified atom stereocenters. The summed E-state index contributed by atoms with van der Waals surface area (Å²) in [6.45, 7) is -4.48. The number of hydrogen-bond donors (Lipinski definition) is 3. The van der Waals surface area contributed by atoms with Crippen molar-refractivity contribution in [3.05, 3.63) is 0 Å². The van der Waals surface area contributed by atoms with Gasteiger partial charge in [-0.1, -0.05) is 12.6 Å². The first-order valence-corrected chi connectivity index (χ1v) is 5.33. The van der Waals surface area contributed by atoms with E-state index in [0.29, 0.717) is 0 Å². The number of hydrogen-bond acceptors (Lipinski definition) is 4. The van der Waals surface area contributed by atoms with Gasteiger partial charge in [0.15, 0.2) is 0 Å². The molecule has 0 rings (SSSR count). The Bertz CT molecular complexity index is 211. The molecule has 0 aromatic heterocycles. The first kappa shape index (κ1) is 14.3. The van der Waals surface area contributed by atoms with Gasteiger partial charge in [0.05, 0.1) is 0 Å². The Balaban J connectivity index is 0. The van der Waals surface area contributed by atoms with Crippen molar-refractivity contribution in [1.29, 1.82) is 0 Å². The zero-order valence-corrected chi connectivity index (χ0v) is 7.03. The van der Waals surface area contributed by atoms with E-state index in [1.54, 1.807) is 0 Å². The van der Waals surface area contributed by atoms with Gasteiger partial charge >= 0.3 is 25.7 Å². The van der Waals surface area contributed by atoms with E-state index in [2.05, 4.69) is 12.6 Å². The second-order valence-electron chi connectivity index (χ2n) is 1.17. The molecule has 0 heterocycles. The molecule has 0 aliphatic carbocycles.